The zero-order valence-corrected chi connectivity index (χ0v) is 13.4. The van der Waals surface area contributed by atoms with Crippen LogP contribution in [0.4, 0.5) is 0 Å². The molecular weight excluding hydrogens is 254 g/mol. The molecule has 1 saturated carbocycles. The Bertz CT molecular complexity index is 224. The van der Waals surface area contributed by atoms with Gasteiger partial charge in [0, 0.05) is 19.7 Å². The fourth-order valence-electron chi connectivity index (χ4n) is 2.80. The van der Waals surface area contributed by atoms with E-state index in [1.54, 1.807) is 7.11 Å². The molecule has 1 rings (SSSR count). The molecule has 0 spiro atoms. The Kier molecular flexibility index (Phi) is 9.44. The lowest BCUT2D eigenvalue weighted by Crippen LogP contribution is -2.40. The minimum Gasteiger partial charge on any atom is -0.389 e. The van der Waals surface area contributed by atoms with Crippen LogP contribution >= 0.6 is 0 Å². The van der Waals surface area contributed by atoms with Gasteiger partial charge in [0.15, 0.2) is 0 Å². The predicted molar refractivity (Wildman–Crippen MR) is 82.0 cm³/mol. The van der Waals surface area contributed by atoms with Gasteiger partial charge in [-0.2, -0.15) is 0 Å². The lowest BCUT2D eigenvalue weighted by atomic mass is 9.89. The molecule has 1 aliphatic carbocycles. The predicted octanol–water partition coefficient (Wildman–Crippen LogP) is 2.35. The lowest BCUT2D eigenvalue weighted by molar-refractivity contribution is -0.0290. The molecular formula is C16H33NO3. The third-order valence-electron chi connectivity index (χ3n) is 4.13. The van der Waals surface area contributed by atoms with E-state index in [1.807, 2.05) is 0 Å². The molecule has 2 unspecified atom stereocenters. The second kappa shape index (κ2) is 10.6. The summed E-state index contributed by atoms with van der Waals surface area (Å²) < 4.78 is 11.0. The number of ether oxygens (including phenoxy) is 2. The van der Waals surface area contributed by atoms with Gasteiger partial charge in [-0.3, -0.25) is 0 Å². The normalized spacial score (nSPS) is 26.4. The van der Waals surface area contributed by atoms with Crippen LogP contribution in [0.3, 0.4) is 0 Å². The maximum atomic E-state index is 9.99. The van der Waals surface area contributed by atoms with E-state index in [0.717, 1.165) is 31.6 Å². The summed E-state index contributed by atoms with van der Waals surface area (Å²) in [5, 5.41) is 13.3. The number of aliphatic hydroxyl groups excluding tert-OH is 1. The van der Waals surface area contributed by atoms with Crippen LogP contribution in [0.2, 0.25) is 0 Å². The van der Waals surface area contributed by atoms with Gasteiger partial charge in [0.2, 0.25) is 0 Å². The van der Waals surface area contributed by atoms with Gasteiger partial charge in [-0.15, -0.1) is 0 Å². The number of hydrogen-bond donors (Lipinski definition) is 2. The van der Waals surface area contributed by atoms with E-state index < -0.39 is 6.10 Å². The number of nitrogens with one attached hydrogen (secondary N) is 1. The van der Waals surface area contributed by atoms with E-state index in [-0.39, 0.29) is 0 Å². The SMILES string of the molecule is CCCC(COC)NCC(O)COC1CCC(C)CC1. The first-order chi connectivity index (χ1) is 9.65. The molecule has 20 heavy (non-hydrogen) atoms. The highest BCUT2D eigenvalue weighted by atomic mass is 16.5. The zero-order valence-electron chi connectivity index (χ0n) is 13.4. The smallest absolute Gasteiger partial charge is 0.0897 e. The molecule has 4 heteroatoms. The first kappa shape index (κ1) is 17.9. The van der Waals surface area contributed by atoms with E-state index >= 15 is 0 Å². The van der Waals surface area contributed by atoms with E-state index in [0.29, 0.717) is 31.9 Å². The molecule has 2 atom stereocenters. The van der Waals surface area contributed by atoms with Crippen LogP contribution in [0.15, 0.2) is 0 Å². The summed E-state index contributed by atoms with van der Waals surface area (Å²) in [4.78, 5) is 0. The summed E-state index contributed by atoms with van der Waals surface area (Å²) in [6.07, 6.45) is 6.91. The van der Waals surface area contributed by atoms with Crippen molar-refractivity contribution in [1.29, 1.82) is 0 Å². The molecule has 0 amide bonds. The number of rotatable bonds is 10. The summed E-state index contributed by atoms with van der Waals surface area (Å²) in [5.41, 5.74) is 0. The maximum absolute atomic E-state index is 9.99. The maximum Gasteiger partial charge on any atom is 0.0897 e. The highest BCUT2D eigenvalue weighted by molar-refractivity contribution is 4.72. The summed E-state index contributed by atoms with van der Waals surface area (Å²) in [6, 6.07) is 0.329. The van der Waals surface area contributed by atoms with Crippen LogP contribution in [0.5, 0.6) is 0 Å². The van der Waals surface area contributed by atoms with Crippen molar-refractivity contribution in [2.24, 2.45) is 5.92 Å². The van der Waals surface area contributed by atoms with Gasteiger partial charge in [-0.05, 0) is 38.0 Å². The third kappa shape index (κ3) is 7.58. The van der Waals surface area contributed by atoms with Crippen LogP contribution in [0.25, 0.3) is 0 Å². The van der Waals surface area contributed by atoms with Crippen molar-refractivity contribution in [3.05, 3.63) is 0 Å². The number of methoxy groups -OCH3 is 1. The Balaban J connectivity index is 2.11. The molecule has 0 heterocycles. The highest BCUT2D eigenvalue weighted by Crippen LogP contribution is 2.25. The molecule has 0 radical (unpaired) electrons. The van der Waals surface area contributed by atoms with Gasteiger partial charge in [0.1, 0.15) is 0 Å². The largest absolute Gasteiger partial charge is 0.389 e. The van der Waals surface area contributed by atoms with Gasteiger partial charge in [-0.25, -0.2) is 0 Å². The van der Waals surface area contributed by atoms with E-state index in [4.69, 9.17) is 9.47 Å². The average molecular weight is 287 g/mol. The van der Waals surface area contributed by atoms with Crippen LogP contribution in [-0.4, -0.2) is 50.2 Å². The van der Waals surface area contributed by atoms with E-state index in [2.05, 4.69) is 19.2 Å². The number of hydrogen-bond acceptors (Lipinski definition) is 4. The Morgan fingerprint density at radius 2 is 1.90 bits per heavy atom. The van der Waals surface area contributed by atoms with Crippen molar-refractivity contribution in [3.8, 4) is 0 Å². The molecule has 0 aromatic heterocycles. The molecule has 0 bridgehead atoms. The standard InChI is InChI=1S/C16H33NO3/c1-4-5-14(11-19-3)17-10-15(18)12-20-16-8-6-13(2)7-9-16/h13-18H,4-12H2,1-3H3. The number of aliphatic hydroxyl groups is 1. The van der Waals surface area contributed by atoms with Crippen LogP contribution in [0.1, 0.15) is 52.4 Å². The summed E-state index contributed by atoms with van der Waals surface area (Å²) in [7, 11) is 1.72. The highest BCUT2D eigenvalue weighted by Gasteiger charge is 2.19. The van der Waals surface area contributed by atoms with Gasteiger partial charge in [0.25, 0.3) is 0 Å². The van der Waals surface area contributed by atoms with Crippen molar-refractivity contribution >= 4 is 0 Å². The Hall–Kier alpha value is -0.160. The van der Waals surface area contributed by atoms with Gasteiger partial charge < -0.3 is 19.9 Å². The van der Waals surface area contributed by atoms with Crippen molar-refractivity contribution in [2.45, 2.75) is 70.6 Å². The Labute approximate surface area is 124 Å². The molecule has 0 aliphatic heterocycles. The van der Waals surface area contributed by atoms with Crippen LogP contribution in [-0.2, 0) is 9.47 Å². The molecule has 120 valence electrons. The van der Waals surface area contributed by atoms with E-state index in [1.165, 1.54) is 12.8 Å². The molecule has 2 N–H and O–H groups in total. The molecule has 1 fully saturated rings. The Morgan fingerprint density at radius 1 is 1.20 bits per heavy atom. The second-order valence-corrected chi connectivity index (χ2v) is 6.22. The van der Waals surface area contributed by atoms with Crippen molar-refractivity contribution in [2.75, 3.05) is 26.9 Å². The minimum atomic E-state index is -0.425. The molecule has 0 aromatic carbocycles. The first-order valence-electron chi connectivity index (χ1n) is 8.17. The molecule has 4 nitrogen and oxygen atoms in total. The van der Waals surface area contributed by atoms with E-state index in [9.17, 15) is 5.11 Å². The van der Waals surface area contributed by atoms with Crippen LogP contribution < -0.4 is 5.32 Å². The van der Waals surface area contributed by atoms with Gasteiger partial charge in [-0.1, -0.05) is 20.3 Å². The fraction of sp³-hybridized carbons (Fsp3) is 1.00. The van der Waals surface area contributed by atoms with Crippen molar-refractivity contribution in [3.63, 3.8) is 0 Å². The average Bonchev–Trinajstić information content (AvgIpc) is 2.44. The van der Waals surface area contributed by atoms with Crippen molar-refractivity contribution < 1.29 is 14.6 Å². The molecule has 0 aromatic rings. The topological polar surface area (TPSA) is 50.7 Å². The molecule has 1 aliphatic rings. The lowest BCUT2D eigenvalue weighted by Gasteiger charge is -2.27. The zero-order chi connectivity index (χ0) is 14.8. The third-order valence-corrected chi connectivity index (χ3v) is 4.13. The molecule has 0 saturated heterocycles. The Morgan fingerprint density at radius 3 is 2.50 bits per heavy atom. The summed E-state index contributed by atoms with van der Waals surface area (Å²) in [5.74, 6) is 0.838. The summed E-state index contributed by atoms with van der Waals surface area (Å²) >= 11 is 0. The monoisotopic (exact) mass is 287 g/mol. The quantitative estimate of drug-likeness (QED) is 0.647. The van der Waals surface area contributed by atoms with Crippen LogP contribution in [0, 0.1) is 5.92 Å². The van der Waals surface area contributed by atoms with Crippen molar-refractivity contribution in [1.82, 2.24) is 5.32 Å². The second-order valence-electron chi connectivity index (χ2n) is 6.22. The first-order valence-corrected chi connectivity index (χ1v) is 8.17. The van der Waals surface area contributed by atoms with Gasteiger partial charge >= 0.3 is 0 Å². The van der Waals surface area contributed by atoms with Gasteiger partial charge in [0.05, 0.1) is 25.4 Å². The summed E-state index contributed by atoms with van der Waals surface area (Å²) in [6.45, 7) is 6.18. The fourth-order valence-corrected chi connectivity index (χ4v) is 2.80. The minimum absolute atomic E-state index is 0.329.